The number of methoxy groups -OCH3 is 1. The van der Waals surface area contributed by atoms with Gasteiger partial charge in [-0.2, -0.15) is 0 Å². The molecule has 0 heterocycles. The predicted octanol–water partition coefficient (Wildman–Crippen LogP) is 1.66. The van der Waals surface area contributed by atoms with Gasteiger partial charge < -0.3 is 14.9 Å². The number of Topliss-reactive ketones (excluding diaryl/α,β-unsaturated/α-hetero) is 1. The van der Waals surface area contributed by atoms with E-state index in [9.17, 15) is 19.5 Å². The molecule has 0 radical (unpaired) electrons. The number of aromatic carboxylic acids is 1. The molecule has 0 atom stereocenters. The molecule has 6 nitrogen and oxygen atoms in total. The van der Waals surface area contributed by atoms with Crippen LogP contribution in [0.4, 0.5) is 0 Å². The van der Waals surface area contributed by atoms with Gasteiger partial charge in [0.1, 0.15) is 11.3 Å². The Labute approximate surface area is 115 Å². The molecular formula is C14H14O6. The zero-order valence-corrected chi connectivity index (χ0v) is 11.0. The van der Waals surface area contributed by atoms with E-state index < -0.39 is 11.7 Å². The Bertz CT molecular complexity index is 586. The number of carboxylic acids is 1. The van der Waals surface area contributed by atoms with Gasteiger partial charge in [-0.25, -0.2) is 4.79 Å². The van der Waals surface area contributed by atoms with E-state index in [-0.39, 0.29) is 29.3 Å². The molecule has 20 heavy (non-hydrogen) atoms. The van der Waals surface area contributed by atoms with Crippen LogP contribution in [0, 0.1) is 0 Å². The molecule has 1 aromatic rings. The first-order chi connectivity index (χ1) is 9.35. The molecule has 0 aliphatic carbocycles. The topological polar surface area (TPSA) is 101 Å². The van der Waals surface area contributed by atoms with E-state index in [1.54, 1.807) is 0 Å². The number of carboxylic acid groups (broad SMARTS) is 1. The number of aromatic hydroxyl groups is 1. The Balaban J connectivity index is 3.10. The largest absolute Gasteiger partial charge is 0.504 e. The summed E-state index contributed by atoms with van der Waals surface area (Å²) in [6.07, 6.45) is 2.33. The first-order valence-electron chi connectivity index (χ1n) is 5.69. The van der Waals surface area contributed by atoms with Crippen LogP contribution in [0.1, 0.15) is 29.3 Å². The number of benzene rings is 1. The third kappa shape index (κ3) is 3.94. The number of ketones is 2. The van der Waals surface area contributed by atoms with Crippen molar-refractivity contribution in [2.75, 3.05) is 7.11 Å². The lowest BCUT2D eigenvalue weighted by Gasteiger charge is -2.07. The fourth-order valence-corrected chi connectivity index (χ4v) is 1.54. The molecule has 0 aliphatic rings. The molecule has 0 bridgehead atoms. The summed E-state index contributed by atoms with van der Waals surface area (Å²) < 4.78 is 4.86. The van der Waals surface area contributed by atoms with E-state index in [4.69, 9.17) is 9.84 Å². The Morgan fingerprint density at radius 1 is 1.30 bits per heavy atom. The van der Waals surface area contributed by atoms with E-state index in [0.717, 1.165) is 0 Å². The van der Waals surface area contributed by atoms with Crippen LogP contribution in [0.25, 0.3) is 6.08 Å². The van der Waals surface area contributed by atoms with Gasteiger partial charge in [0.25, 0.3) is 0 Å². The average molecular weight is 278 g/mol. The van der Waals surface area contributed by atoms with Gasteiger partial charge in [-0.3, -0.25) is 9.59 Å². The number of hydrogen-bond donors (Lipinski definition) is 2. The van der Waals surface area contributed by atoms with Crippen molar-refractivity contribution in [2.45, 2.75) is 13.3 Å². The molecule has 2 N–H and O–H groups in total. The normalized spacial score (nSPS) is 10.5. The predicted molar refractivity (Wildman–Crippen MR) is 71.0 cm³/mol. The zero-order valence-electron chi connectivity index (χ0n) is 11.0. The summed E-state index contributed by atoms with van der Waals surface area (Å²) in [7, 11) is 1.29. The molecule has 106 valence electrons. The lowest BCUT2D eigenvalue weighted by atomic mass is 10.1. The van der Waals surface area contributed by atoms with Gasteiger partial charge in [0.05, 0.1) is 13.5 Å². The van der Waals surface area contributed by atoms with Crippen molar-refractivity contribution in [1.29, 1.82) is 0 Å². The Kier molecular flexibility index (Phi) is 5.02. The van der Waals surface area contributed by atoms with Crippen LogP contribution in [0.15, 0.2) is 18.2 Å². The van der Waals surface area contributed by atoms with Gasteiger partial charge >= 0.3 is 5.97 Å². The molecule has 0 saturated heterocycles. The monoisotopic (exact) mass is 278 g/mol. The molecule has 0 unspecified atom stereocenters. The maximum Gasteiger partial charge on any atom is 0.339 e. The molecule has 0 amide bonds. The third-order valence-electron chi connectivity index (χ3n) is 2.43. The number of carbonyl (C=O) groups is 3. The fourth-order valence-electron chi connectivity index (χ4n) is 1.54. The van der Waals surface area contributed by atoms with Gasteiger partial charge in [0, 0.05) is 0 Å². The maximum atomic E-state index is 11.4. The highest BCUT2D eigenvalue weighted by atomic mass is 16.5. The minimum absolute atomic E-state index is 0.0106. The summed E-state index contributed by atoms with van der Waals surface area (Å²) in [5.41, 5.74) is 0.0389. The van der Waals surface area contributed by atoms with Gasteiger partial charge in [-0.05, 0) is 30.7 Å². The van der Waals surface area contributed by atoms with Crippen molar-refractivity contribution < 1.29 is 29.3 Å². The highest BCUT2D eigenvalue weighted by molar-refractivity contribution is 6.05. The quantitative estimate of drug-likeness (QED) is 0.606. The molecule has 0 aliphatic heterocycles. The summed E-state index contributed by atoms with van der Waals surface area (Å²) in [5, 5.41) is 18.6. The minimum atomic E-state index is -1.31. The minimum Gasteiger partial charge on any atom is -0.504 e. The Hall–Kier alpha value is -2.63. The Morgan fingerprint density at radius 2 is 1.95 bits per heavy atom. The number of phenols is 1. The lowest BCUT2D eigenvalue weighted by molar-refractivity contribution is -0.123. The van der Waals surface area contributed by atoms with E-state index >= 15 is 0 Å². The molecular weight excluding hydrogens is 264 g/mol. The smallest absolute Gasteiger partial charge is 0.339 e. The fraction of sp³-hybridized carbons (Fsp3) is 0.214. The second-order valence-electron chi connectivity index (χ2n) is 4.10. The summed E-state index contributed by atoms with van der Waals surface area (Å²) in [6, 6.07) is 2.59. The van der Waals surface area contributed by atoms with Crippen LogP contribution in [0.2, 0.25) is 0 Å². The van der Waals surface area contributed by atoms with Crippen molar-refractivity contribution in [3.63, 3.8) is 0 Å². The number of hydrogen-bond acceptors (Lipinski definition) is 5. The van der Waals surface area contributed by atoms with Crippen molar-refractivity contribution in [1.82, 2.24) is 0 Å². The molecule has 1 rings (SSSR count). The first-order valence-corrected chi connectivity index (χ1v) is 5.69. The van der Waals surface area contributed by atoms with Crippen LogP contribution in [0.5, 0.6) is 11.5 Å². The van der Waals surface area contributed by atoms with E-state index in [1.807, 2.05) is 0 Å². The summed E-state index contributed by atoms with van der Waals surface area (Å²) >= 11 is 0. The van der Waals surface area contributed by atoms with Crippen LogP contribution in [0.3, 0.4) is 0 Å². The highest BCUT2D eigenvalue weighted by Crippen LogP contribution is 2.31. The molecule has 1 aromatic carbocycles. The third-order valence-corrected chi connectivity index (χ3v) is 2.43. The highest BCUT2D eigenvalue weighted by Gasteiger charge is 2.15. The van der Waals surface area contributed by atoms with Crippen molar-refractivity contribution in [3.05, 3.63) is 29.3 Å². The second-order valence-corrected chi connectivity index (χ2v) is 4.10. The maximum absolute atomic E-state index is 11.4. The summed E-state index contributed by atoms with van der Waals surface area (Å²) in [6.45, 7) is 1.30. The summed E-state index contributed by atoms with van der Waals surface area (Å²) in [5.74, 6) is -2.45. The van der Waals surface area contributed by atoms with Crippen LogP contribution >= 0.6 is 0 Å². The van der Waals surface area contributed by atoms with E-state index in [2.05, 4.69) is 0 Å². The molecule has 0 fully saturated rings. The molecule has 0 aromatic heterocycles. The average Bonchev–Trinajstić information content (AvgIpc) is 2.36. The van der Waals surface area contributed by atoms with E-state index in [1.165, 1.54) is 38.3 Å². The van der Waals surface area contributed by atoms with Crippen LogP contribution in [-0.4, -0.2) is 34.9 Å². The standard InChI is InChI=1S/C14H14O6/c1-8(15)5-10(16)4-3-9-6-11(14(18)19)13(17)12(7-9)20-2/h3-4,6-7,17H,5H2,1-2H3,(H,18,19)/b4-3+. The van der Waals surface area contributed by atoms with Crippen molar-refractivity contribution >= 4 is 23.6 Å². The number of rotatable bonds is 6. The van der Waals surface area contributed by atoms with Crippen LogP contribution in [-0.2, 0) is 9.59 Å². The Morgan fingerprint density at radius 3 is 2.45 bits per heavy atom. The van der Waals surface area contributed by atoms with Crippen molar-refractivity contribution in [3.8, 4) is 11.5 Å². The van der Waals surface area contributed by atoms with Crippen LogP contribution < -0.4 is 4.74 Å². The number of ether oxygens (including phenoxy) is 1. The van der Waals surface area contributed by atoms with Crippen molar-refractivity contribution in [2.24, 2.45) is 0 Å². The first kappa shape index (κ1) is 15.4. The van der Waals surface area contributed by atoms with E-state index in [0.29, 0.717) is 5.56 Å². The summed E-state index contributed by atoms with van der Waals surface area (Å²) in [4.78, 5) is 33.1. The van der Waals surface area contributed by atoms with Gasteiger partial charge in [0.2, 0.25) is 0 Å². The van der Waals surface area contributed by atoms with Gasteiger partial charge in [0.15, 0.2) is 17.3 Å². The van der Waals surface area contributed by atoms with Gasteiger partial charge in [-0.1, -0.05) is 6.08 Å². The lowest BCUT2D eigenvalue weighted by Crippen LogP contribution is -2.01. The SMILES string of the molecule is COc1cc(/C=C/C(=O)CC(C)=O)cc(C(=O)O)c1O. The molecule has 0 spiro atoms. The number of allylic oxidation sites excluding steroid dienone is 1. The number of carbonyl (C=O) groups excluding carboxylic acids is 2. The molecule has 6 heteroatoms. The second kappa shape index (κ2) is 6.51. The molecule has 0 saturated carbocycles. The zero-order chi connectivity index (χ0) is 15.3. The van der Waals surface area contributed by atoms with Gasteiger partial charge in [-0.15, -0.1) is 0 Å².